The molecule has 1 aromatic carbocycles. The van der Waals surface area contributed by atoms with Crippen LogP contribution in [0.4, 0.5) is 5.69 Å². The lowest BCUT2D eigenvalue weighted by molar-refractivity contribution is 0.102. The molecule has 0 aliphatic heterocycles. The standard InChI is InChI=1S/C15H14N2O3S/c1-19-9-3-4-13(20-2)11(7-9)17-15(18)12-8-14-10(16-12)5-6-21-14/h3-8,16H,1-2H3,(H,17,18). The van der Waals surface area contributed by atoms with Gasteiger partial charge < -0.3 is 19.8 Å². The highest BCUT2D eigenvalue weighted by Crippen LogP contribution is 2.29. The highest BCUT2D eigenvalue weighted by molar-refractivity contribution is 7.17. The van der Waals surface area contributed by atoms with Gasteiger partial charge in [0.15, 0.2) is 0 Å². The van der Waals surface area contributed by atoms with Crippen molar-refractivity contribution in [2.75, 3.05) is 19.5 Å². The van der Waals surface area contributed by atoms with E-state index in [2.05, 4.69) is 10.3 Å². The molecule has 3 rings (SSSR count). The van der Waals surface area contributed by atoms with Crippen molar-refractivity contribution in [3.05, 3.63) is 41.4 Å². The van der Waals surface area contributed by atoms with Crippen LogP contribution in [0, 0.1) is 0 Å². The number of thiophene rings is 1. The molecule has 0 atom stereocenters. The van der Waals surface area contributed by atoms with Gasteiger partial charge in [-0.25, -0.2) is 0 Å². The van der Waals surface area contributed by atoms with E-state index in [1.807, 2.05) is 17.5 Å². The van der Waals surface area contributed by atoms with Crippen LogP contribution in [0.1, 0.15) is 10.5 Å². The Morgan fingerprint density at radius 1 is 1.19 bits per heavy atom. The van der Waals surface area contributed by atoms with Gasteiger partial charge in [0.2, 0.25) is 0 Å². The molecule has 0 saturated carbocycles. The van der Waals surface area contributed by atoms with Crippen molar-refractivity contribution in [2.24, 2.45) is 0 Å². The van der Waals surface area contributed by atoms with Crippen molar-refractivity contribution >= 4 is 33.1 Å². The number of aromatic nitrogens is 1. The molecule has 2 aromatic heterocycles. The Hall–Kier alpha value is -2.47. The number of carbonyl (C=O) groups is 1. The first-order valence-corrected chi connectivity index (χ1v) is 7.19. The summed E-state index contributed by atoms with van der Waals surface area (Å²) in [6, 6.07) is 9.04. The number of ether oxygens (including phenoxy) is 2. The molecule has 0 fully saturated rings. The Morgan fingerprint density at radius 3 is 2.76 bits per heavy atom. The van der Waals surface area contributed by atoms with E-state index in [-0.39, 0.29) is 5.91 Å². The molecular formula is C15H14N2O3S. The van der Waals surface area contributed by atoms with E-state index in [0.29, 0.717) is 22.9 Å². The van der Waals surface area contributed by atoms with Gasteiger partial charge >= 0.3 is 0 Å². The number of hydrogen-bond donors (Lipinski definition) is 2. The molecule has 5 nitrogen and oxygen atoms in total. The maximum Gasteiger partial charge on any atom is 0.272 e. The van der Waals surface area contributed by atoms with Crippen LogP contribution in [0.25, 0.3) is 10.2 Å². The molecule has 108 valence electrons. The van der Waals surface area contributed by atoms with Gasteiger partial charge in [-0.15, -0.1) is 11.3 Å². The molecule has 3 aromatic rings. The van der Waals surface area contributed by atoms with E-state index in [1.54, 1.807) is 43.8 Å². The van der Waals surface area contributed by atoms with Gasteiger partial charge in [-0.1, -0.05) is 0 Å². The Kier molecular flexibility index (Phi) is 3.53. The molecule has 0 saturated heterocycles. The molecular weight excluding hydrogens is 288 g/mol. The summed E-state index contributed by atoms with van der Waals surface area (Å²) in [5, 5.41) is 4.81. The highest BCUT2D eigenvalue weighted by Gasteiger charge is 2.13. The van der Waals surface area contributed by atoms with Crippen LogP contribution in [0.15, 0.2) is 35.7 Å². The number of fused-ring (bicyclic) bond motifs is 1. The molecule has 21 heavy (non-hydrogen) atoms. The van der Waals surface area contributed by atoms with E-state index in [0.717, 1.165) is 10.2 Å². The zero-order valence-electron chi connectivity index (χ0n) is 11.6. The number of aromatic amines is 1. The first-order valence-electron chi connectivity index (χ1n) is 6.31. The fourth-order valence-electron chi connectivity index (χ4n) is 2.07. The second-order valence-electron chi connectivity index (χ2n) is 4.40. The second-order valence-corrected chi connectivity index (χ2v) is 5.35. The summed E-state index contributed by atoms with van der Waals surface area (Å²) in [6.07, 6.45) is 0. The predicted octanol–water partition coefficient (Wildman–Crippen LogP) is 3.50. The molecule has 0 unspecified atom stereocenters. The van der Waals surface area contributed by atoms with Crippen LogP contribution in [0.3, 0.4) is 0 Å². The van der Waals surface area contributed by atoms with E-state index >= 15 is 0 Å². The Labute approximate surface area is 125 Å². The number of H-pyrrole nitrogens is 1. The Morgan fingerprint density at radius 2 is 2.05 bits per heavy atom. The predicted molar refractivity (Wildman–Crippen MR) is 83.7 cm³/mol. The summed E-state index contributed by atoms with van der Waals surface area (Å²) in [7, 11) is 3.13. The lowest BCUT2D eigenvalue weighted by Crippen LogP contribution is -2.13. The zero-order valence-corrected chi connectivity index (χ0v) is 12.4. The molecule has 1 amide bonds. The molecule has 0 spiro atoms. The molecule has 2 heterocycles. The van der Waals surface area contributed by atoms with Crippen LogP contribution in [0.5, 0.6) is 11.5 Å². The third-order valence-corrected chi connectivity index (χ3v) is 4.00. The first kappa shape index (κ1) is 13.5. The van der Waals surface area contributed by atoms with Gasteiger partial charge in [0.05, 0.1) is 30.1 Å². The van der Waals surface area contributed by atoms with Crippen LogP contribution in [-0.4, -0.2) is 25.1 Å². The number of benzene rings is 1. The molecule has 6 heteroatoms. The Bertz CT molecular complexity index is 763. The minimum absolute atomic E-state index is 0.218. The topological polar surface area (TPSA) is 63.4 Å². The van der Waals surface area contributed by atoms with Gasteiger partial charge in [0.25, 0.3) is 5.91 Å². The van der Waals surface area contributed by atoms with Crippen molar-refractivity contribution in [1.29, 1.82) is 0 Å². The van der Waals surface area contributed by atoms with E-state index < -0.39 is 0 Å². The number of nitrogens with one attached hydrogen (secondary N) is 2. The fourth-order valence-corrected chi connectivity index (χ4v) is 2.85. The maximum absolute atomic E-state index is 12.3. The average Bonchev–Trinajstić information content (AvgIpc) is 3.08. The van der Waals surface area contributed by atoms with Crippen LogP contribution in [0.2, 0.25) is 0 Å². The number of rotatable bonds is 4. The number of anilines is 1. The van der Waals surface area contributed by atoms with Gasteiger partial charge in [0, 0.05) is 6.07 Å². The smallest absolute Gasteiger partial charge is 0.272 e. The van der Waals surface area contributed by atoms with Gasteiger partial charge in [0.1, 0.15) is 17.2 Å². The number of amides is 1. The normalized spacial score (nSPS) is 10.6. The monoisotopic (exact) mass is 302 g/mol. The van der Waals surface area contributed by atoms with E-state index in [4.69, 9.17) is 9.47 Å². The van der Waals surface area contributed by atoms with Crippen LogP contribution < -0.4 is 14.8 Å². The Balaban J connectivity index is 1.88. The maximum atomic E-state index is 12.3. The second kappa shape index (κ2) is 5.49. The van der Waals surface area contributed by atoms with Crippen molar-refractivity contribution in [2.45, 2.75) is 0 Å². The van der Waals surface area contributed by atoms with E-state index in [9.17, 15) is 4.79 Å². The number of carbonyl (C=O) groups excluding carboxylic acids is 1. The molecule has 2 N–H and O–H groups in total. The third-order valence-electron chi connectivity index (χ3n) is 3.14. The number of methoxy groups -OCH3 is 2. The van der Waals surface area contributed by atoms with Crippen molar-refractivity contribution in [3.8, 4) is 11.5 Å². The summed E-state index contributed by atoms with van der Waals surface area (Å²) in [4.78, 5) is 15.4. The summed E-state index contributed by atoms with van der Waals surface area (Å²) >= 11 is 1.59. The highest BCUT2D eigenvalue weighted by atomic mass is 32.1. The zero-order chi connectivity index (χ0) is 14.8. The average molecular weight is 302 g/mol. The lowest BCUT2D eigenvalue weighted by atomic mass is 10.2. The van der Waals surface area contributed by atoms with Crippen molar-refractivity contribution in [3.63, 3.8) is 0 Å². The molecule has 0 aliphatic rings. The molecule has 0 aliphatic carbocycles. The summed E-state index contributed by atoms with van der Waals surface area (Å²) in [5.41, 5.74) is 2.05. The van der Waals surface area contributed by atoms with Gasteiger partial charge in [-0.05, 0) is 29.6 Å². The summed E-state index contributed by atoms with van der Waals surface area (Å²) in [5.74, 6) is 1.01. The minimum Gasteiger partial charge on any atom is -0.497 e. The first-order chi connectivity index (χ1) is 10.2. The summed E-state index contributed by atoms with van der Waals surface area (Å²) in [6.45, 7) is 0. The van der Waals surface area contributed by atoms with Crippen molar-refractivity contribution < 1.29 is 14.3 Å². The van der Waals surface area contributed by atoms with Crippen molar-refractivity contribution in [1.82, 2.24) is 4.98 Å². The summed E-state index contributed by atoms with van der Waals surface area (Å²) < 4.78 is 11.5. The van der Waals surface area contributed by atoms with Crippen LogP contribution >= 0.6 is 11.3 Å². The van der Waals surface area contributed by atoms with Gasteiger partial charge in [-0.3, -0.25) is 4.79 Å². The number of hydrogen-bond acceptors (Lipinski definition) is 4. The lowest BCUT2D eigenvalue weighted by Gasteiger charge is -2.11. The molecule has 0 bridgehead atoms. The minimum atomic E-state index is -0.218. The van der Waals surface area contributed by atoms with E-state index in [1.165, 1.54) is 0 Å². The van der Waals surface area contributed by atoms with Gasteiger partial charge in [-0.2, -0.15) is 0 Å². The quantitative estimate of drug-likeness (QED) is 0.775. The fraction of sp³-hybridized carbons (Fsp3) is 0.133. The molecule has 0 radical (unpaired) electrons. The third kappa shape index (κ3) is 2.57. The SMILES string of the molecule is COc1ccc(OC)c(NC(=O)c2cc3sccc3[nH]2)c1. The largest absolute Gasteiger partial charge is 0.497 e. The van der Waals surface area contributed by atoms with Crippen LogP contribution in [-0.2, 0) is 0 Å².